The summed E-state index contributed by atoms with van der Waals surface area (Å²) in [6.45, 7) is 4.47. The van der Waals surface area contributed by atoms with Gasteiger partial charge in [0.25, 0.3) is 0 Å². The highest BCUT2D eigenvalue weighted by molar-refractivity contribution is 7.99. The van der Waals surface area contributed by atoms with Gasteiger partial charge in [-0.15, -0.1) is 0 Å². The molecule has 2 rings (SSSR count). The third kappa shape index (κ3) is 3.05. The Labute approximate surface area is 108 Å². The van der Waals surface area contributed by atoms with Gasteiger partial charge in [-0.05, 0) is 25.5 Å². The number of nitrogens with zero attached hydrogens (tertiary/aromatic N) is 2. The summed E-state index contributed by atoms with van der Waals surface area (Å²) in [4.78, 5) is 4.42. The monoisotopic (exact) mass is 253 g/mol. The van der Waals surface area contributed by atoms with Crippen molar-refractivity contribution in [1.29, 1.82) is 0 Å². The number of aryl methyl sites for hydroxylation is 1. The highest BCUT2D eigenvalue weighted by Crippen LogP contribution is 2.31. The molecule has 0 saturated heterocycles. The molecule has 17 heavy (non-hydrogen) atoms. The van der Waals surface area contributed by atoms with Crippen molar-refractivity contribution >= 4 is 11.8 Å². The molecule has 1 saturated carbocycles. The van der Waals surface area contributed by atoms with E-state index < -0.39 is 0 Å². The van der Waals surface area contributed by atoms with Crippen LogP contribution in [-0.4, -0.2) is 26.6 Å². The molecule has 0 bridgehead atoms. The summed E-state index contributed by atoms with van der Waals surface area (Å²) in [5.74, 6) is 2.36. The summed E-state index contributed by atoms with van der Waals surface area (Å²) < 4.78 is 2.11. The van der Waals surface area contributed by atoms with Crippen LogP contribution in [0.3, 0.4) is 0 Å². The second-order valence-corrected chi connectivity index (χ2v) is 6.33. The lowest BCUT2D eigenvalue weighted by Crippen LogP contribution is -2.36. The van der Waals surface area contributed by atoms with Gasteiger partial charge in [-0.2, -0.15) is 11.8 Å². The average molecular weight is 253 g/mol. The van der Waals surface area contributed by atoms with Crippen LogP contribution in [0.2, 0.25) is 0 Å². The minimum absolute atomic E-state index is 0.345. The minimum Gasteiger partial charge on any atom is -0.337 e. The van der Waals surface area contributed by atoms with Crippen LogP contribution in [0.25, 0.3) is 0 Å². The predicted molar refractivity (Wildman–Crippen MR) is 74.3 cm³/mol. The fraction of sp³-hybridized carbons (Fsp3) is 0.769. The van der Waals surface area contributed by atoms with Gasteiger partial charge in [-0.1, -0.05) is 13.3 Å². The van der Waals surface area contributed by atoms with Gasteiger partial charge >= 0.3 is 0 Å². The molecule has 0 aromatic carbocycles. The van der Waals surface area contributed by atoms with E-state index >= 15 is 0 Å². The molecule has 1 heterocycles. The molecule has 1 N–H and O–H groups in total. The molecule has 0 radical (unpaired) electrons. The molecule has 0 spiro atoms. The van der Waals surface area contributed by atoms with Crippen LogP contribution in [-0.2, 0) is 7.05 Å². The van der Waals surface area contributed by atoms with E-state index in [1.54, 1.807) is 0 Å². The Bertz CT molecular complexity index is 350. The van der Waals surface area contributed by atoms with E-state index in [4.69, 9.17) is 0 Å². The Morgan fingerprint density at radius 2 is 2.41 bits per heavy atom. The number of imidazole rings is 1. The van der Waals surface area contributed by atoms with Gasteiger partial charge in [-0.3, -0.25) is 0 Å². The maximum atomic E-state index is 4.42. The van der Waals surface area contributed by atoms with Crippen molar-refractivity contribution in [1.82, 2.24) is 14.9 Å². The largest absolute Gasteiger partial charge is 0.337 e. The summed E-state index contributed by atoms with van der Waals surface area (Å²) in [6.07, 6.45) is 7.93. The van der Waals surface area contributed by atoms with Gasteiger partial charge in [0.1, 0.15) is 5.82 Å². The highest BCUT2D eigenvalue weighted by atomic mass is 32.2. The summed E-state index contributed by atoms with van der Waals surface area (Å²) >= 11 is 2.10. The zero-order chi connectivity index (χ0) is 12.3. The van der Waals surface area contributed by atoms with Gasteiger partial charge in [-0.25, -0.2) is 4.98 Å². The van der Waals surface area contributed by atoms with E-state index in [1.807, 2.05) is 12.4 Å². The summed E-state index contributed by atoms with van der Waals surface area (Å²) in [5.41, 5.74) is 0. The van der Waals surface area contributed by atoms with E-state index in [9.17, 15) is 0 Å². The molecule has 3 nitrogen and oxygen atoms in total. The first-order valence-electron chi connectivity index (χ1n) is 6.57. The first-order chi connectivity index (χ1) is 8.22. The predicted octanol–water partition coefficient (Wildman–Crippen LogP) is 2.74. The maximum absolute atomic E-state index is 4.42. The Morgan fingerprint density at radius 3 is 3.06 bits per heavy atom. The van der Waals surface area contributed by atoms with Crippen molar-refractivity contribution in [2.24, 2.45) is 7.05 Å². The number of nitrogens with one attached hydrogen (secondary N) is 1. The van der Waals surface area contributed by atoms with E-state index in [0.717, 1.165) is 11.1 Å². The molecular formula is C13H23N3S. The topological polar surface area (TPSA) is 29.9 Å². The van der Waals surface area contributed by atoms with Crippen molar-refractivity contribution in [3.05, 3.63) is 18.2 Å². The molecule has 1 aromatic heterocycles. The average Bonchev–Trinajstić information content (AvgIpc) is 2.89. The number of hydrogen-bond donors (Lipinski definition) is 1. The lowest BCUT2D eigenvalue weighted by Gasteiger charge is -2.24. The normalized spacial score (nSPS) is 26.3. The number of rotatable bonds is 5. The Balaban J connectivity index is 1.94. The fourth-order valence-corrected chi connectivity index (χ4v) is 3.93. The van der Waals surface area contributed by atoms with E-state index in [1.165, 1.54) is 25.0 Å². The van der Waals surface area contributed by atoms with Crippen LogP contribution < -0.4 is 5.32 Å². The molecule has 1 fully saturated rings. The van der Waals surface area contributed by atoms with Gasteiger partial charge in [0, 0.05) is 30.7 Å². The van der Waals surface area contributed by atoms with Gasteiger partial charge < -0.3 is 9.88 Å². The second-order valence-electron chi connectivity index (χ2n) is 4.82. The molecule has 3 atom stereocenters. The molecule has 3 unspecified atom stereocenters. The zero-order valence-corrected chi connectivity index (χ0v) is 11.8. The summed E-state index contributed by atoms with van der Waals surface area (Å²) in [6, 6.07) is 1.00. The van der Waals surface area contributed by atoms with Crippen molar-refractivity contribution in [3.8, 4) is 0 Å². The number of aromatic nitrogens is 2. The van der Waals surface area contributed by atoms with E-state index in [2.05, 4.69) is 47.5 Å². The fourth-order valence-electron chi connectivity index (χ4n) is 2.72. The van der Waals surface area contributed by atoms with Crippen LogP contribution in [0.1, 0.15) is 45.0 Å². The number of hydrogen-bond acceptors (Lipinski definition) is 3. The molecule has 96 valence electrons. The van der Waals surface area contributed by atoms with Crippen LogP contribution in [0.15, 0.2) is 12.4 Å². The minimum atomic E-state index is 0.345. The van der Waals surface area contributed by atoms with Crippen LogP contribution in [0.5, 0.6) is 0 Å². The lowest BCUT2D eigenvalue weighted by atomic mass is 10.2. The van der Waals surface area contributed by atoms with Crippen LogP contribution in [0, 0.1) is 0 Å². The van der Waals surface area contributed by atoms with E-state index in [0.29, 0.717) is 12.1 Å². The first kappa shape index (κ1) is 13.0. The Morgan fingerprint density at radius 1 is 1.59 bits per heavy atom. The molecule has 4 heteroatoms. The van der Waals surface area contributed by atoms with Crippen molar-refractivity contribution < 1.29 is 0 Å². The Hall–Kier alpha value is -0.480. The molecule has 0 aliphatic heterocycles. The van der Waals surface area contributed by atoms with Crippen molar-refractivity contribution in [3.63, 3.8) is 0 Å². The van der Waals surface area contributed by atoms with Crippen LogP contribution >= 0.6 is 11.8 Å². The lowest BCUT2D eigenvalue weighted by molar-refractivity contribution is 0.445. The number of thioether (sulfide) groups is 1. The van der Waals surface area contributed by atoms with E-state index in [-0.39, 0.29) is 0 Å². The molecule has 1 aliphatic carbocycles. The summed E-state index contributed by atoms with van der Waals surface area (Å²) in [5, 5.41) is 4.55. The molecule has 1 aliphatic rings. The third-order valence-electron chi connectivity index (χ3n) is 3.54. The molecule has 1 aromatic rings. The van der Waals surface area contributed by atoms with Gasteiger partial charge in [0.15, 0.2) is 0 Å². The zero-order valence-electron chi connectivity index (χ0n) is 11.0. The third-order valence-corrected chi connectivity index (χ3v) is 4.87. The standard InChI is InChI=1S/C13H23N3S/c1-4-17-12-7-5-6-11(12)15-10(2)13-14-8-9-16(13)3/h8-12,15H,4-7H2,1-3H3. The smallest absolute Gasteiger partial charge is 0.125 e. The van der Waals surface area contributed by atoms with Gasteiger partial charge in [0.2, 0.25) is 0 Å². The quantitative estimate of drug-likeness (QED) is 0.875. The molecular weight excluding hydrogens is 230 g/mol. The van der Waals surface area contributed by atoms with Crippen LogP contribution in [0.4, 0.5) is 0 Å². The summed E-state index contributed by atoms with van der Waals surface area (Å²) in [7, 11) is 2.06. The van der Waals surface area contributed by atoms with Crippen molar-refractivity contribution in [2.45, 2.75) is 50.4 Å². The first-order valence-corrected chi connectivity index (χ1v) is 7.62. The Kier molecular flexibility index (Phi) is 4.51. The molecule has 0 amide bonds. The van der Waals surface area contributed by atoms with Crippen molar-refractivity contribution in [2.75, 3.05) is 5.75 Å². The SMILES string of the molecule is CCSC1CCCC1NC(C)c1nccn1C. The second kappa shape index (κ2) is 5.91. The van der Waals surface area contributed by atoms with Gasteiger partial charge in [0.05, 0.1) is 6.04 Å². The highest BCUT2D eigenvalue weighted by Gasteiger charge is 2.28. The maximum Gasteiger partial charge on any atom is 0.125 e.